The van der Waals surface area contributed by atoms with E-state index in [1.165, 1.54) is 40.0 Å². The van der Waals surface area contributed by atoms with E-state index >= 15 is 0 Å². The number of halogens is 9. The van der Waals surface area contributed by atoms with E-state index in [-0.39, 0.29) is 0 Å². The van der Waals surface area contributed by atoms with Crippen molar-refractivity contribution in [3.05, 3.63) is 30.3 Å². The summed E-state index contributed by atoms with van der Waals surface area (Å²) in [5.41, 5.74) is 0. The molecule has 16 heteroatoms. The van der Waals surface area contributed by atoms with Gasteiger partial charge in [0.15, 0.2) is 15.0 Å². The molecule has 0 atom stereocenters. The van der Waals surface area contributed by atoms with Gasteiger partial charge in [-0.25, -0.2) is 8.42 Å². The van der Waals surface area contributed by atoms with Gasteiger partial charge in [0.1, 0.15) is 23.0 Å². The quantitative estimate of drug-likeness (QED) is 0.100. The number of benzene rings is 2. The van der Waals surface area contributed by atoms with Crippen molar-refractivity contribution in [3.8, 4) is 11.5 Å². The molecule has 1 aliphatic heterocycles. The fraction of sp³-hybridized carbons (Fsp3) is 0.615. The summed E-state index contributed by atoms with van der Waals surface area (Å²) >= 11 is 0. The van der Waals surface area contributed by atoms with Gasteiger partial charge >= 0.3 is 23.3 Å². The van der Waals surface area contributed by atoms with Gasteiger partial charge in [0.05, 0.1) is 13.2 Å². The Morgan fingerprint density at radius 2 is 1.33 bits per heavy atom. The predicted octanol–water partition coefficient (Wildman–Crippen LogP) is 7.93. The Labute approximate surface area is 240 Å². The van der Waals surface area contributed by atoms with Crippen molar-refractivity contribution in [1.29, 1.82) is 0 Å². The monoisotopic (exact) mass is 658 g/mol. The molecule has 1 fully saturated rings. The molecule has 1 aliphatic rings. The maximum Gasteiger partial charge on any atom is 0.460 e. The first-order valence-electron chi connectivity index (χ1n) is 13.0. The van der Waals surface area contributed by atoms with Crippen LogP contribution in [-0.2, 0) is 21.0 Å². The normalized spacial score (nSPS) is 15.4. The zero-order chi connectivity index (χ0) is 32.0. The first-order chi connectivity index (χ1) is 19.3. The molecular weight excluding hydrogens is 627 g/mol. The van der Waals surface area contributed by atoms with Crippen LogP contribution >= 0.6 is 0 Å². The van der Waals surface area contributed by atoms with Crippen molar-refractivity contribution in [2.75, 3.05) is 24.7 Å². The zero-order valence-corrected chi connectivity index (χ0v) is 24.4. The van der Waals surface area contributed by atoms with E-state index in [2.05, 4.69) is 44.2 Å². The van der Waals surface area contributed by atoms with Gasteiger partial charge in [-0.1, -0.05) is 26.7 Å². The summed E-state index contributed by atoms with van der Waals surface area (Å²) in [6.45, 7) is 6.00. The van der Waals surface area contributed by atoms with Crippen LogP contribution in [0.15, 0.2) is 35.2 Å². The molecule has 0 saturated carbocycles. The number of hydrogen-bond acceptors (Lipinski definition) is 5. The lowest BCUT2D eigenvalue weighted by Gasteiger charge is -2.34. The number of unbranched alkanes of at least 4 members (excludes halogenated alkanes) is 2. The second-order valence-electron chi connectivity index (χ2n) is 9.40. The van der Waals surface area contributed by atoms with Crippen molar-refractivity contribution < 1.29 is 62.0 Å². The molecule has 2 aromatic rings. The molecule has 3 rings (SSSR count). The minimum Gasteiger partial charge on any atom is -0.743 e. The smallest absolute Gasteiger partial charge is 0.460 e. The van der Waals surface area contributed by atoms with E-state index in [1.807, 2.05) is 0 Å². The molecule has 5 nitrogen and oxygen atoms in total. The van der Waals surface area contributed by atoms with E-state index in [0.717, 1.165) is 50.4 Å². The third-order valence-electron chi connectivity index (χ3n) is 6.20. The second-order valence-corrected chi connectivity index (χ2v) is 13.1. The van der Waals surface area contributed by atoms with E-state index in [9.17, 15) is 52.5 Å². The maximum atomic E-state index is 12.2. The lowest BCUT2D eigenvalue weighted by atomic mass is 10.1. The van der Waals surface area contributed by atoms with Crippen LogP contribution in [0.25, 0.3) is 10.8 Å². The third-order valence-corrected chi connectivity index (χ3v) is 9.63. The van der Waals surface area contributed by atoms with Crippen molar-refractivity contribution in [2.24, 2.45) is 0 Å². The van der Waals surface area contributed by atoms with Crippen LogP contribution < -0.4 is 9.47 Å². The standard InChI is InChI=1S/C22H31O2S.C4HF9O3S/c1-3-5-13-23-18-9-10-19-20(17-18)22(25-15-7-8-16-25)12-11-21(19)24-14-6-4-2;5-1(6,3(9,10)11)2(7,8)4(12,13)17(14,15)16/h9-12,17H,3-8,13-16H2,1-2H3;(H,14,15,16)/q+1;/p-1. The molecule has 0 N–H and O–H groups in total. The van der Waals surface area contributed by atoms with Crippen molar-refractivity contribution >= 4 is 31.8 Å². The third kappa shape index (κ3) is 7.90. The van der Waals surface area contributed by atoms with Gasteiger partial charge in [-0.2, -0.15) is 39.5 Å². The lowest BCUT2D eigenvalue weighted by Crippen LogP contribution is -2.63. The van der Waals surface area contributed by atoms with Crippen LogP contribution in [0, 0.1) is 0 Å². The Kier molecular flexibility index (Phi) is 12.2. The Morgan fingerprint density at radius 1 is 0.786 bits per heavy atom. The highest BCUT2D eigenvalue weighted by Crippen LogP contribution is 2.54. The highest BCUT2D eigenvalue weighted by atomic mass is 32.2. The van der Waals surface area contributed by atoms with Crippen LogP contribution in [0.3, 0.4) is 0 Å². The minimum absolute atomic E-state index is 0.392. The molecule has 0 spiro atoms. The summed E-state index contributed by atoms with van der Waals surface area (Å²) in [6, 6.07) is 11.1. The minimum atomic E-state index is -7.43. The van der Waals surface area contributed by atoms with Crippen LogP contribution in [0.4, 0.5) is 39.5 Å². The summed E-state index contributed by atoms with van der Waals surface area (Å²) in [4.78, 5) is 1.51. The van der Waals surface area contributed by atoms with E-state index in [4.69, 9.17) is 9.47 Å². The summed E-state index contributed by atoms with van der Waals surface area (Å²) in [7, 11) is -7.02. The Balaban J connectivity index is 0.000000319. The summed E-state index contributed by atoms with van der Waals surface area (Å²) in [5.74, 6) is -10.1. The highest BCUT2D eigenvalue weighted by molar-refractivity contribution is 7.97. The van der Waals surface area contributed by atoms with Crippen molar-refractivity contribution in [2.45, 2.75) is 80.5 Å². The van der Waals surface area contributed by atoms with Gasteiger partial charge in [0.25, 0.3) is 0 Å². The van der Waals surface area contributed by atoms with Crippen molar-refractivity contribution in [3.63, 3.8) is 0 Å². The number of hydrogen-bond donors (Lipinski definition) is 0. The molecular formula is C26H31F9O5S2. The molecule has 42 heavy (non-hydrogen) atoms. The fourth-order valence-electron chi connectivity index (χ4n) is 3.79. The molecule has 0 unspecified atom stereocenters. The van der Waals surface area contributed by atoms with Gasteiger partial charge in [0.2, 0.25) is 0 Å². The molecule has 240 valence electrons. The predicted molar refractivity (Wildman–Crippen MR) is 140 cm³/mol. The topological polar surface area (TPSA) is 75.7 Å². The average molecular weight is 659 g/mol. The molecule has 0 radical (unpaired) electrons. The molecule has 0 amide bonds. The zero-order valence-electron chi connectivity index (χ0n) is 22.7. The van der Waals surface area contributed by atoms with Gasteiger partial charge in [-0.05, 0) is 56.0 Å². The number of alkyl halides is 9. The van der Waals surface area contributed by atoms with Crippen LogP contribution in [-0.4, -0.2) is 61.0 Å². The summed E-state index contributed by atoms with van der Waals surface area (Å²) < 4.78 is 147. The Morgan fingerprint density at radius 3 is 1.83 bits per heavy atom. The molecule has 0 aliphatic carbocycles. The first-order valence-corrected chi connectivity index (χ1v) is 16.0. The number of ether oxygens (including phenoxy) is 2. The van der Waals surface area contributed by atoms with E-state index < -0.39 is 33.4 Å². The van der Waals surface area contributed by atoms with Crippen LogP contribution in [0.2, 0.25) is 0 Å². The van der Waals surface area contributed by atoms with Gasteiger partial charge in [0, 0.05) is 21.7 Å². The number of rotatable bonds is 12. The Bertz CT molecular complexity index is 1280. The summed E-state index contributed by atoms with van der Waals surface area (Å²) in [6.07, 6.45) is 0.108. The summed E-state index contributed by atoms with van der Waals surface area (Å²) in [5, 5.41) is -4.52. The first kappa shape index (κ1) is 36.1. The largest absolute Gasteiger partial charge is 0.743 e. The molecule has 2 aromatic carbocycles. The van der Waals surface area contributed by atoms with Gasteiger partial charge in [-0.3, -0.25) is 0 Å². The van der Waals surface area contributed by atoms with E-state index in [0.29, 0.717) is 10.9 Å². The van der Waals surface area contributed by atoms with Gasteiger partial charge in [-0.15, -0.1) is 0 Å². The number of fused-ring (bicyclic) bond motifs is 1. The van der Waals surface area contributed by atoms with Crippen molar-refractivity contribution in [1.82, 2.24) is 0 Å². The Hall–Kier alpha value is -2.07. The molecule has 0 aromatic heterocycles. The molecule has 0 bridgehead atoms. The SMILES string of the molecule is CCCCOc1ccc2c(OCCCC)ccc([S+]3CCCC3)c2c1.O=S(=O)([O-])C(F)(F)C(F)(F)C(F)(F)C(F)(F)F. The van der Waals surface area contributed by atoms with Gasteiger partial charge < -0.3 is 14.0 Å². The molecule has 1 heterocycles. The average Bonchev–Trinajstić information content (AvgIpc) is 3.42. The maximum absolute atomic E-state index is 12.2. The van der Waals surface area contributed by atoms with Crippen LogP contribution in [0.5, 0.6) is 11.5 Å². The molecule has 1 saturated heterocycles. The van der Waals surface area contributed by atoms with Crippen LogP contribution in [0.1, 0.15) is 52.4 Å². The fourth-order valence-corrected chi connectivity index (χ4v) is 6.73. The second kappa shape index (κ2) is 14.1. The highest BCUT2D eigenvalue weighted by Gasteiger charge is 2.83. The van der Waals surface area contributed by atoms with E-state index in [1.54, 1.807) is 0 Å². The lowest BCUT2D eigenvalue weighted by molar-refractivity contribution is -0.382.